The number of rotatable bonds is 8. The number of hydrogen-bond donors (Lipinski definition) is 0. The quantitative estimate of drug-likeness (QED) is 0.381. The third-order valence-electron chi connectivity index (χ3n) is 2.48. The van der Waals surface area contributed by atoms with E-state index in [-0.39, 0.29) is 13.2 Å². The zero-order valence-electron chi connectivity index (χ0n) is 11.1. The second kappa shape index (κ2) is 8.39. The van der Waals surface area contributed by atoms with E-state index in [0.29, 0.717) is 6.42 Å². The van der Waals surface area contributed by atoms with Crippen LogP contribution in [0.5, 0.6) is 0 Å². The van der Waals surface area contributed by atoms with Crippen molar-refractivity contribution in [1.82, 2.24) is 0 Å². The molecule has 0 atom stereocenters. The maximum absolute atomic E-state index is 11.8. The summed E-state index contributed by atoms with van der Waals surface area (Å²) in [4.78, 5) is 23.7. The van der Waals surface area contributed by atoms with Crippen LogP contribution in [0.2, 0.25) is 0 Å². The minimum Gasteiger partial charge on any atom is -0.465 e. The molecule has 5 heteroatoms. The summed E-state index contributed by atoms with van der Waals surface area (Å²) in [6.45, 7) is 5.60. The van der Waals surface area contributed by atoms with Crippen molar-refractivity contribution in [3.63, 3.8) is 0 Å². The smallest absolute Gasteiger partial charge is 0.323 e. The molecule has 4 nitrogen and oxygen atoms in total. The first-order valence-corrected chi connectivity index (χ1v) is 7.25. The molecule has 0 aromatic carbocycles. The Morgan fingerprint density at radius 1 is 1.12 bits per heavy atom. The fourth-order valence-corrected chi connectivity index (χ4v) is 1.87. The molecule has 0 spiro atoms. The van der Waals surface area contributed by atoms with Gasteiger partial charge in [0.05, 0.1) is 13.2 Å². The van der Waals surface area contributed by atoms with Crippen molar-refractivity contribution < 1.29 is 19.1 Å². The van der Waals surface area contributed by atoms with Crippen LogP contribution in [-0.2, 0) is 19.1 Å². The van der Waals surface area contributed by atoms with Crippen LogP contribution in [0.4, 0.5) is 0 Å². The van der Waals surface area contributed by atoms with Crippen LogP contribution >= 0.6 is 11.8 Å². The number of hydrogen-bond acceptors (Lipinski definition) is 5. The summed E-state index contributed by atoms with van der Waals surface area (Å²) < 4.78 is 9.92. The molecule has 0 aliphatic rings. The molecule has 0 radical (unpaired) electrons. The largest absolute Gasteiger partial charge is 0.465 e. The van der Waals surface area contributed by atoms with Crippen LogP contribution < -0.4 is 0 Å². The monoisotopic (exact) mass is 262 g/mol. The third kappa shape index (κ3) is 4.98. The predicted octanol–water partition coefficient (Wildman–Crippen LogP) is 2.26. The van der Waals surface area contributed by atoms with E-state index in [9.17, 15) is 9.59 Å². The van der Waals surface area contributed by atoms with Crippen molar-refractivity contribution >= 4 is 23.7 Å². The van der Waals surface area contributed by atoms with E-state index in [4.69, 9.17) is 9.47 Å². The standard InChI is InChI=1S/C12H22O4S/c1-5-15-10(13)12(3,8-7-9-17-4)11(14)16-6-2/h5-9H2,1-4H3. The number of carbonyl (C=O) groups is 2. The Morgan fingerprint density at radius 2 is 1.59 bits per heavy atom. The predicted molar refractivity (Wildman–Crippen MR) is 69.0 cm³/mol. The van der Waals surface area contributed by atoms with Crippen molar-refractivity contribution in [2.75, 3.05) is 25.2 Å². The lowest BCUT2D eigenvalue weighted by Gasteiger charge is -2.24. The molecule has 0 amide bonds. The molecule has 0 heterocycles. The Bertz CT molecular complexity index is 235. The minimum absolute atomic E-state index is 0.274. The first kappa shape index (κ1) is 16.3. The van der Waals surface area contributed by atoms with Gasteiger partial charge in [0.25, 0.3) is 0 Å². The van der Waals surface area contributed by atoms with E-state index in [2.05, 4.69) is 0 Å². The summed E-state index contributed by atoms with van der Waals surface area (Å²) in [6, 6.07) is 0. The highest BCUT2D eigenvalue weighted by Crippen LogP contribution is 2.28. The Hall–Kier alpha value is -0.710. The second-order valence-electron chi connectivity index (χ2n) is 3.87. The maximum atomic E-state index is 11.8. The fourth-order valence-electron chi connectivity index (χ4n) is 1.44. The van der Waals surface area contributed by atoms with Crippen molar-refractivity contribution in [2.24, 2.45) is 5.41 Å². The van der Waals surface area contributed by atoms with Gasteiger partial charge in [0.15, 0.2) is 5.41 Å². The lowest BCUT2D eigenvalue weighted by Crippen LogP contribution is -2.39. The molecule has 0 N–H and O–H groups in total. The molecule has 0 bridgehead atoms. The molecule has 100 valence electrons. The summed E-state index contributed by atoms with van der Waals surface area (Å²) in [5, 5.41) is 0. The Kier molecular flexibility index (Phi) is 8.04. The molecular weight excluding hydrogens is 240 g/mol. The van der Waals surface area contributed by atoms with Gasteiger partial charge in [0.1, 0.15) is 0 Å². The van der Waals surface area contributed by atoms with Crippen LogP contribution in [0.25, 0.3) is 0 Å². The van der Waals surface area contributed by atoms with E-state index in [1.165, 1.54) is 0 Å². The zero-order chi connectivity index (χ0) is 13.3. The second-order valence-corrected chi connectivity index (χ2v) is 4.85. The minimum atomic E-state index is -1.16. The molecule has 0 aliphatic heterocycles. The van der Waals surface area contributed by atoms with Gasteiger partial charge < -0.3 is 9.47 Å². The van der Waals surface area contributed by atoms with Crippen molar-refractivity contribution in [3.8, 4) is 0 Å². The SMILES string of the molecule is CCOC(=O)C(C)(CCCSC)C(=O)OCC. The van der Waals surface area contributed by atoms with Gasteiger partial charge in [-0.25, -0.2) is 0 Å². The Labute approximate surface area is 107 Å². The lowest BCUT2D eigenvalue weighted by atomic mass is 9.85. The van der Waals surface area contributed by atoms with Gasteiger partial charge in [-0.1, -0.05) is 0 Å². The number of esters is 2. The van der Waals surface area contributed by atoms with E-state index >= 15 is 0 Å². The van der Waals surface area contributed by atoms with E-state index in [0.717, 1.165) is 12.2 Å². The van der Waals surface area contributed by atoms with Crippen LogP contribution in [-0.4, -0.2) is 37.2 Å². The number of carbonyl (C=O) groups excluding carboxylic acids is 2. The van der Waals surface area contributed by atoms with Crippen LogP contribution in [0.3, 0.4) is 0 Å². The van der Waals surface area contributed by atoms with Crippen molar-refractivity contribution in [3.05, 3.63) is 0 Å². The lowest BCUT2D eigenvalue weighted by molar-refractivity contribution is -0.171. The van der Waals surface area contributed by atoms with Crippen molar-refractivity contribution in [2.45, 2.75) is 33.6 Å². The summed E-state index contributed by atoms with van der Waals surface area (Å²) in [7, 11) is 0. The topological polar surface area (TPSA) is 52.6 Å². The average Bonchev–Trinajstić information content (AvgIpc) is 2.29. The molecule has 0 fully saturated rings. The van der Waals surface area contributed by atoms with Crippen molar-refractivity contribution in [1.29, 1.82) is 0 Å². The molecule has 0 saturated heterocycles. The highest BCUT2D eigenvalue weighted by Gasteiger charge is 2.43. The van der Waals surface area contributed by atoms with Gasteiger partial charge in [-0.2, -0.15) is 11.8 Å². The van der Waals surface area contributed by atoms with Gasteiger partial charge in [0.2, 0.25) is 0 Å². The highest BCUT2D eigenvalue weighted by atomic mass is 32.2. The Morgan fingerprint density at radius 3 is 1.94 bits per heavy atom. The van der Waals surface area contributed by atoms with E-state index in [1.54, 1.807) is 32.5 Å². The molecule has 0 unspecified atom stereocenters. The van der Waals surface area contributed by atoms with Gasteiger partial charge in [0, 0.05) is 0 Å². The van der Waals surface area contributed by atoms with Crippen LogP contribution in [0, 0.1) is 5.41 Å². The van der Waals surface area contributed by atoms with Crippen LogP contribution in [0.15, 0.2) is 0 Å². The average molecular weight is 262 g/mol. The van der Waals surface area contributed by atoms with Gasteiger partial charge in [-0.05, 0) is 45.6 Å². The summed E-state index contributed by atoms with van der Waals surface area (Å²) in [6.07, 6.45) is 3.24. The van der Waals surface area contributed by atoms with Gasteiger partial charge in [-0.3, -0.25) is 9.59 Å². The number of thioether (sulfide) groups is 1. The molecule has 0 aliphatic carbocycles. The number of ether oxygens (including phenoxy) is 2. The van der Waals surface area contributed by atoms with Crippen LogP contribution in [0.1, 0.15) is 33.6 Å². The molecule has 17 heavy (non-hydrogen) atoms. The van der Waals surface area contributed by atoms with E-state index < -0.39 is 17.4 Å². The molecule has 0 aromatic rings. The summed E-state index contributed by atoms with van der Waals surface area (Å²) >= 11 is 1.69. The fraction of sp³-hybridized carbons (Fsp3) is 0.833. The highest BCUT2D eigenvalue weighted by molar-refractivity contribution is 7.98. The summed E-state index contributed by atoms with van der Waals surface area (Å²) in [5.41, 5.74) is -1.16. The van der Waals surface area contributed by atoms with E-state index in [1.807, 2.05) is 6.26 Å². The molecule has 0 saturated carbocycles. The third-order valence-corrected chi connectivity index (χ3v) is 3.17. The maximum Gasteiger partial charge on any atom is 0.323 e. The Balaban J connectivity index is 4.66. The van der Waals surface area contributed by atoms with Gasteiger partial charge in [-0.15, -0.1) is 0 Å². The molecule has 0 aromatic heterocycles. The first-order valence-electron chi connectivity index (χ1n) is 5.86. The summed E-state index contributed by atoms with van der Waals surface area (Å²) in [5.74, 6) is -0.0619. The van der Waals surface area contributed by atoms with Gasteiger partial charge >= 0.3 is 11.9 Å². The molecular formula is C12H22O4S. The molecule has 0 rings (SSSR count). The first-order chi connectivity index (χ1) is 8.02. The zero-order valence-corrected chi connectivity index (χ0v) is 11.9. The normalized spacial score (nSPS) is 11.1.